The zero-order valence-corrected chi connectivity index (χ0v) is 13.7. The van der Waals surface area contributed by atoms with E-state index in [1.54, 1.807) is 14.0 Å². The topological polar surface area (TPSA) is 77.9 Å². The van der Waals surface area contributed by atoms with E-state index in [4.69, 9.17) is 0 Å². The highest BCUT2D eigenvalue weighted by molar-refractivity contribution is 5.26. The third-order valence-electron chi connectivity index (χ3n) is 4.35. The molecule has 0 unspecified atom stereocenters. The summed E-state index contributed by atoms with van der Waals surface area (Å²) in [5.74, 6) is -1.66. The number of aryl methyl sites for hydroxylation is 1. The van der Waals surface area contributed by atoms with Crippen molar-refractivity contribution in [2.45, 2.75) is 25.1 Å². The predicted octanol–water partition coefficient (Wildman–Crippen LogP) is 1.21. The summed E-state index contributed by atoms with van der Waals surface area (Å²) in [6.07, 6.45) is 5.68. The third-order valence-corrected chi connectivity index (χ3v) is 4.35. The number of halogens is 2. The van der Waals surface area contributed by atoms with Gasteiger partial charge in [-0.15, -0.1) is 0 Å². The van der Waals surface area contributed by atoms with E-state index in [0.717, 1.165) is 6.07 Å². The van der Waals surface area contributed by atoms with E-state index in [-0.39, 0.29) is 17.8 Å². The monoisotopic (exact) mass is 349 g/mol. The van der Waals surface area contributed by atoms with Crippen molar-refractivity contribution in [2.75, 3.05) is 0 Å². The van der Waals surface area contributed by atoms with Gasteiger partial charge < -0.3 is 9.67 Å². The molecule has 7 nitrogen and oxygen atoms in total. The van der Waals surface area contributed by atoms with Crippen molar-refractivity contribution < 1.29 is 13.9 Å². The summed E-state index contributed by atoms with van der Waals surface area (Å²) in [6, 6.07) is 2.07. The van der Waals surface area contributed by atoms with Gasteiger partial charge in [-0.25, -0.2) is 23.2 Å². The largest absolute Gasteiger partial charge is 0.381 e. The molecule has 2 heterocycles. The summed E-state index contributed by atoms with van der Waals surface area (Å²) in [7, 11) is 1.57. The Labute approximate surface area is 141 Å². The molecule has 3 aromatic rings. The Balaban J connectivity index is 2.14. The van der Waals surface area contributed by atoms with Gasteiger partial charge in [0.1, 0.15) is 29.9 Å². The van der Waals surface area contributed by atoms with E-state index in [0.29, 0.717) is 6.07 Å². The third kappa shape index (κ3) is 2.98. The van der Waals surface area contributed by atoms with Crippen molar-refractivity contribution in [1.82, 2.24) is 23.9 Å². The van der Waals surface area contributed by atoms with Crippen LogP contribution in [0.5, 0.6) is 0 Å². The molecule has 0 bridgehead atoms. The maximum Gasteiger partial charge on any atom is 0.328 e. The average molecular weight is 349 g/mol. The van der Waals surface area contributed by atoms with Crippen molar-refractivity contribution in [3.63, 3.8) is 0 Å². The minimum Gasteiger partial charge on any atom is -0.381 e. The van der Waals surface area contributed by atoms with Gasteiger partial charge in [-0.2, -0.15) is 5.10 Å². The Morgan fingerprint density at radius 3 is 2.64 bits per heavy atom. The van der Waals surface area contributed by atoms with Gasteiger partial charge in [0.15, 0.2) is 0 Å². The van der Waals surface area contributed by atoms with Crippen LogP contribution >= 0.6 is 0 Å². The van der Waals surface area contributed by atoms with Crippen LogP contribution in [0.2, 0.25) is 0 Å². The number of aliphatic hydroxyl groups is 1. The maximum absolute atomic E-state index is 14.4. The fraction of sp³-hybridized carbons (Fsp3) is 0.312. The summed E-state index contributed by atoms with van der Waals surface area (Å²) >= 11 is 0. The molecule has 0 aliphatic heterocycles. The van der Waals surface area contributed by atoms with Crippen LogP contribution in [0.15, 0.2) is 48.0 Å². The molecule has 0 spiro atoms. The lowest BCUT2D eigenvalue weighted by atomic mass is 9.86. The first-order valence-electron chi connectivity index (χ1n) is 7.56. The lowest BCUT2D eigenvalue weighted by molar-refractivity contribution is -0.0342. The molecule has 2 aromatic heterocycles. The smallest absolute Gasteiger partial charge is 0.328 e. The van der Waals surface area contributed by atoms with E-state index < -0.39 is 23.3 Å². The first-order valence-corrected chi connectivity index (χ1v) is 7.56. The maximum atomic E-state index is 14.4. The average Bonchev–Trinajstić information content (AvgIpc) is 3.17. The first kappa shape index (κ1) is 17.0. The van der Waals surface area contributed by atoms with Crippen molar-refractivity contribution in [3.05, 3.63) is 70.9 Å². The molecule has 0 saturated carbocycles. The molecule has 25 heavy (non-hydrogen) atoms. The van der Waals surface area contributed by atoms with Crippen LogP contribution in [-0.2, 0) is 19.2 Å². The molecule has 0 aliphatic rings. The highest BCUT2D eigenvalue weighted by Gasteiger charge is 2.40. The molecular weight excluding hydrogens is 332 g/mol. The highest BCUT2D eigenvalue weighted by atomic mass is 19.1. The molecule has 9 heteroatoms. The van der Waals surface area contributed by atoms with Gasteiger partial charge in [0, 0.05) is 31.1 Å². The second-order valence-electron chi connectivity index (χ2n) is 5.92. The number of hydrogen-bond donors (Lipinski definition) is 1. The summed E-state index contributed by atoms with van der Waals surface area (Å²) in [5.41, 5.74) is -2.36. The van der Waals surface area contributed by atoms with Crippen LogP contribution in [0.3, 0.4) is 0 Å². The molecule has 1 N–H and O–H groups in total. The van der Waals surface area contributed by atoms with Crippen LogP contribution in [0.25, 0.3) is 0 Å². The summed E-state index contributed by atoms with van der Waals surface area (Å²) < 4.78 is 31.7. The van der Waals surface area contributed by atoms with Crippen molar-refractivity contribution in [3.8, 4) is 0 Å². The molecule has 2 atom stereocenters. The Kier molecular flexibility index (Phi) is 4.25. The number of nitrogens with zero attached hydrogens (tertiary/aromatic N) is 5. The van der Waals surface area contributed by atoms with Gasteiger partial charge in [0.05, 0.1) is 12.6 Å². The molecule has 0 amide bonds. The fourth-order valence-corrected chi connectivity index (χ4v) is 2.85. The summed E-state index contributed by atoms with van der Waals surface area (Å²) in [4.78, 5) is 16.1. The van der Waals surface area contributed by atoms with Crippen LogP contribution in [0.1, 0.15) is 18.5 Å². The molecule has 0 radical (unpaired) electrons. The quantitative estimate of drug-likeness (QED) is 0.751. The van der Waals surface area contributed by atoms with E-state index in [1.165, 1.54) is 44.9 Å². The standard InChI is InChI=1S/C16H17F2N5O2/c1-11(23-6-5-21(2)15(23)24)16(25,8-22-10-19-9-20-22)13-4-3-12(17)7-14(13)18/h3-7,9-11,25H,8H2,1-2H3/t11-,16-/m1/s1. The van der Waals surface area contributed by atoms with Gasteiger partial charge in [0.2, 0.25) is 0 Å². The number of aromatic nitrogens is 5. The number of benzene rings is 1. The van der Waals surface area contributed by atoms with E-state index in [1.807, 2.05) is 0 Å². The van der Waals surface area contributed by atoms with Gasteiger partial charge in [0.25, 0.3) is 0 Å². The normalized spacial score (nSPS) is 15.1. The van der Waals surface area contributed by atoms with Crippen molar-refractivity contribution in [1.29, 1.82) is 0 Å². The van der Waals surface area contributed by atoms with Crippen LogP contribution in [0, 0.1) is 11.6 Å². The van der Waals surface area contributed by atoms with Crippen LogP contribution in [-0.4, -0.2) is 29.0 Å². The minimum atomic E-state index is -1.86. The summed E-state index contributed by atoms with van der Waals surface area (Å²) in [5, 5.41) is 15.3. The highest BCUT2D eigenvalue weighted by Crippen LogP contribution is 2.36. The predicted molar refractivity (Wildman–Crippen MR) is 84.7 cm³/mol. The number of imidazole rings is 1. The minimum absolute atomic E-state index is 0.132. The molecule has 0 aliphatic carbocycles. The van der Waals surface area contributed by atoms with Crippen LogP contribution < -0.4 is 5.69 Å². The number of rotatable bonds is 5. The molecule has 132 valence electrons. The Morgan fingerprint density at radius 2 is 2.08 bits per heavy atom. The van der Waals surface area contributed by atoms with E-state index in [2.05, 4.69) is 10.1 Å². The van der Waals surface area contributed by atoms with E-state index in [9.17, 15) is 18.7 Å². The van der Waals surface area contributed by atoms with Crippen molar-refractivity contribution in [2.24, 2.45) is 7.05 Å². The molecule has 0 fully saturated rings. The van der Waals surface area contributed by atoms with Gasteiger partial charge in [-0.3, -0.25) is 4.57 Å². The molecular formula is C16H17F2N5O2. The molecule has 0 saturated heterocycles. The Bertz CT molecular complexity index is 934. The van der Waals surface area contributed by atoms with Crippen molar-refractivity contribution >= 4 is 0 Å². The van der Waals surface area contributed by atoms with Gasteiger partial charge in [-0.05, 0) is 13.0 Å². The lowest BCUT2D eigenvalue weighted by Gasteiger charge is -2.35. The van der Waals surface area contributed by atoms with E-state index >= 15 is 0 Å². The zero-order valence-electron chi connectivity index (χ0n) is 13.7. The Morgan fingerprint density at radius 1 is 1.32 bits per heavy atom. The fourth-order valence-electron chi connectivity index (χ4n) is 2.85. The van der Waals surface area contributed by atoms with Gasteiger partial charge >= 0.3 is 5.69 Å². The van der Waals surface area contributed by atoms with Gasteiger partial charge in [-0.1, -0.05) is 6.07 Å². The molecule has 1 aromatic carbocycles. The lowest BCUT2D eigenvalue weighted by Crippen LogP contribution is -2.43. The second kappa shape index (κ2) is 6.25. The second-order valence-corrected chi connectivity index (χ2v) is 5.92. The Hall–Kier alpha value is -2.81. The number of hydrogen-bond acceptors (Lipinski definition) is 4. The SMILES string of the molecule is C[C@@H](n1ccn(C)c1=O)[C@](O)(Cn1cncn1)c1ccc(F)cc1F. The summed E-state index contributed by atoms with van der Waals surface area (Å²) in [6.45, 7) is 1.42. The zero-order chi connectivity index (χ0) is 18.2. The molecule has 3 rings (SSSR count). The first-order chi connectivity index (χ1) is 11.8. The van der Waals surface area contributed by atoms with Crippen LogP contribution in [0.4, 0.5) is 8.78 Å².